The standard InChI is InChI=1S/C7H4N2O.Cu/c10-7-8-5-3-1-2-4-6(5)9-7;/h1-4H;. The second kappa shape index (κ2) is 2.94. The van der Waals surface area contributed by atoms with Crippen LogP contribution in [0.15, 0.2) is 34.3 Å². The van der Waals surface area contributed by atoms with E-state index in [2.05, 4.69) is 9.98 Å². The molecule has 0 fully saturated rings. The predicted molar refractivity (Wildman–Crippen MR) is 34.2 cm³/mol. The van der Waals surface area contributed by atoms with Crippen molar-refractivity contribution < 1.29 is 21.9 Å². The fourth-order valence-corrected chi connectivity index (χ4v) is 0.884. The van der Waals surface area contributed by atoms with Gasteiger partial charge in [0.2, 0.25) is 0 Å². The van der Waals surface area contributed by atoms with Gasteiger partial charge in [-0.05, 0) is 12.1 Å². The normalized spacial score (nSPS) is 12.5. The van der Waals surface area contributed by atoms with Gasteiger partial charge in [-0.1, -0.05) is 12.1 Å². The number of rotatable bonds is 0. The van der Waals surface area contributed by atoms with Crippen LogP contribution in [0.1, 0.15) is 0 Å². The quantitative estimate of drug-likeness (QED) is 0.540. The Kier molecular flexibility index (Phi) is 2.17. The topological polar surface area (TPSA) is 41.8 Å². The molecule has 0 atom stereocenters. The summed E-state index contributed by atoms with van der Waals surface area (Å²) >= 11 is 0. The zero-order valence-corrected chi connectivity index (χ0v) is 6.36. The van der Waals surface area contributed by atoms with Gasteiger partial charge in [-0.15, -0.1) is 0 Å². The number of hydrogen-bond donors (Lipinski definition) is 0. The van der Waals surface area contributed by atoms with Crippen LogP contribution in [-0.4, -0.2) is 6.03 Å². The molecule has 0 aliphatic carbocycles. The Morgan fingerprint density at radius 2 is 1.45 bits per heavy atom. The van der Waals surface area contributed by atoms with Crippen molar-refractivity contribution in [3.63, 3.8) is 0 Å². The van der Waals surface area contributed by atoms with Crippen LogP contribution in [0.25, 0.3) is 0 Å². The number of benzene rings is 1. The Balaban J connectivity index is 0.000000605. The summed E-state index contributed by atoms with van der Waals surface area (Å²) in [5, 5.41) is 1.35. The molecule has 0 unspecified atom stereocenters. The van der Waals surface area contributed by atoms with Crippen molar-refractivity contribution in [1.82, 2.24) is 0 Å². The first-order valence-corrected chi connectivity index (χ1v) is 2.93. The van der Waals surface area contributed by atoms with E-state index in [-0.39, 0.29) is 17.1 Å². The fourth-order valence-electron chi connectivity index (χ4n) is 0.884. The molecule has 0 spiro atoms. The number of carbonyl (C=O) groups excluding carboxylic acids is 1. The van der Waals surface area contributed by atoms with E-state index in [9.17, 15) is 4.79 Å². The molecule has 0 bridgehead atoms. The minimum atomic E-state index is -0.402. The van der Waals surface area contributed by atoms with Crippen molar-refractivity contribution >= 4 is 6.03 Å². The summed E-state index contributed by atoms with van der Waals surface area (Å²) in [5.41, 5.74) is 0. The van der Waals surface area contributed by atoms with Crippen molar-refractivity contribution in [1.29, 1.82) is 0 Å². The first kappa shape index (κ1) is 8.11. The van der Waals surface area contributed by atoms with Crippen LogP contribution in [0.3, 0.4) is 0 Å². The summed E-state index contributed by atoms with van der Waals surface area (Å²) in [7, 11) is 0. The van der Waals surface area contributed by atoms with Gasteiger partial charge in [0.15, 0.2) is 0 Å². The molecule has 2 rings (SSSR count). The van der Waals surface area contributed by atoms with Crippen LogP contribution in [0.5, 0.6) is 0 Å². The summed E-state index contributed by atoms with van der Waals surface area (Å²) < 4.78 is 0. The van der Waals surface area contributed by atoms with Crippen LogP contribution in [-0.2, 0) is 17.1 Å². The van der Waals surface area contributed by atoms with Crippen LogP contribution >= 0.6 is 0 Å². The summed E-state index contributed by atoms with van der Waals surface area (Å²) in [6.07, 6.45) is 0. The average molecular weight is 196 g/mol. The molecule has 1 aliphatic heterocycles. The Hall–Kier alpha value is -0.991. The molecule has 1 radical (unpaired) electrons. The van der Waals surface area contributed by atoms with Gasteiger partial charge in [-0.25, -0.2) is 4.79 Å². The third-order valence-electron chi connectivity index (χ3n) is 1.31. The van der Waals surface area contributed by atoms with E-state index in [0.29, 0.717) is 10.7 Å². The molecule has 0 N–H and O–H groups in total. The van der Waals surface area contributed by atoms with E-state index in [4.69, 9.17) is 0 Å². The van der Waals surface area contributed by atoms with Crippen LogP contribution in [0.2, 0.25) is 0 Å². The molecule has 0 aromatic heterocycles. The molecule has 1 aromatic rings. The first-order chi connectivity index (χ1) is 4.86. The molecule has 2 amide bonds. The second-order valence-electron chi connectivity index (χ2n) is 1.99. The van der Waals surface area contributed by atoms with Gasteiger partial charge in [0.05, 0.1) is 10.7 Å². The zero-order valence-electron chi connectivity index (χ0n) is 5.41. The average Bonchev–Trinajstić information content (AvgIpc) is 2.27. The molecular weight excluding hydrogens is 192 g/mol. The third-order valence-corrected chi connectivity index (χ3v) is 1.31. The number of amides is 2. The Morgan fingerprint density at radius 3 is 1.91 bits per heavy atom. The molecule has 0 saturated heterocycles. The Morgan fingerprint density at radius 1 is 1.00 bits per heavy atom. The molecule has 3 nitrogen and oxygen atoms in total. The number of para-hydroxylation sites is 2. The molecule has 1 aliphatic rings. The molecular formula is C7H4CuN2O. The second-order valence-corrected chi connectivity index (χ2v) is 1.99. The summed E-state index contributed by atoms with van der Waals surface area (Å²) in [6.45, 7) is 0. The van der Waals surface area contributed by atoms with Crippen molar-refractivity contribution in [2.75, 3.05) is 0 Å². The van der Waals surface area contributed by atoms with Gasteiger partial charge in [0.1, 0.15) is 0 Å². The van der Waals surface area contributed by atoms with E-state index in [1.807, 2.05) is 12.1 Å². The summed E-state index contributed by atoms with van der Waals surface area (Å²) in [5.74, 6) is 0. The SMILES string of the molecule is O=C1N=c2ccccc2=N1.[Cu]. The van der Waals surface area contributed by atoms with Gasteiger partial charge < -0.3 is 0 Å². The van der Waals surface area contributed by atoms with E-state index in [1.165, 1.54) is 0 Å². The van der Waals surface area contributed by atoms with Gasteiger partial charge in [-0.2, -0.15) is 9.98 Å². The first-order valence-electron chi connectivity index (χ1n) is 2.93. The van der Waals surface area contributed by atoms with Crippen molar-refractivity contribution in [2.45, 2.75) is 0 Å². The zero-order chi connectivity index (χ0) is 6.97. The fraction of sp³-hybridized carbons (Fsp3) is 0. The number of nitrogens with zero attached hydrogens (tertiary/aromatic N) is 2. The number of hydrogen-bond acceptors (Lipinski definition) is 1. The maximum atomic E-state index is 10.6. The van der Waals surface area contributed by atoms with Crippen LogP contribution in [0, 0.1) is 0 Å². The maximum Gasteiger partial charge on any atom is 0.368 e. The number of fused-ring (bicyclic) bond motifs is 1. The van der Waals surface area contributed by atoms with Crippen molar-refractivity contribution in [2.24, 2.45) is 9.98 Å². The maximum absolute atomic E-state index is 10.6. The van der Waals surface area contributed by atoms with E-state index in [1.54, 1.807) is 12.1 Å². The van der Waals surface area contributed by atoms with Crippen molar-refractivity contribution in [3.8, 4) is 0 Å². The Bertz CT molecular complexity index is 362. The van der Waals surface area contributed by atoms with Crippen LogP contribution < -0.4 is 10.7 Å². The molecule has 59 valence electrons. The smallest absolute Gasteiger partial charge is 0.244 e. The van der Waals surface area contributed by atoms with Gasteiger partial charge in [0.25, 0.3) is 0 Å². The van der Waals surface area contributed by atoms with E-state index >= 15 is 0 Å². The molecule has 0 saturated carbocycles. The number of urea groups is 1. The van der Waals surface area contributed by atoms with Gasteiger partial charge in [-0.3, -0.25) is 0 Å². The van der Waals surface area contributed by atoms with E-state index < -0.39 is 6.03 Å². The van der Waals surface area contributed by atoms with Gasteiger partial charge in [0, 0.05) is 17.1 Å². The third kappa shape index (κ3) is 1.36. The minimum Gasteiger partial charge on any atom is -0.244 e. The summed E-state index contributed by atoms with van der Waals surface area (Å²) in [4.78, 5) is 17.9. The monoisotopic (exact) mass is 195 g/mol. The molecule has 1 heterocycles. The van der Waals surface area contributed by atoms with E-state index in [0.717, 1.165) is 0 Å². The van der Waals surface area contributed by atoms with Crippen molar-refractivity contribution in [3.05, 3.63) is 35.0 Å². The number of carbonyl (C=O) groups is 1. The molecule has 11 heavy (non-hydrogen) atoms. The van der Waals surface area contributed by atoms with Crippen LogP contribution in [0.4, 0.5) is 4.79 Å². The summed E-state index contributed by atoms with van der Waals surface area (Å²) in [6, 6.07) is 6.79. The largest absolute Gasteiger partial charge is 0.368 e. The minimum absolute atomic E-state index is 0. The predicted octanol–water partition coefficient (Wildman–Crippen LogP) is 0.0569. The van der Waals surface area contributed by atoms with Gasteiger partial charge >= 0.3 is 6.03 Å². The Labute approximate surface area is 73.3 Å². The molecule has 1 aromatic carbocycles. The molecule has 4 heteroatoms.